The van der Waals surface area contributed by atoms with Gasteiger partial charge in [0.2, 0.25) is 0 Å². The standard InChI is InChI=1S/C18H17Cl2N5O3S2/c19-15-10-12(16(20)30-15)17(26)21-3-4-23-5-7-24(8-6-23)18-22-13-2-1-11(25(27)28)9-14(13)29-18/h1-2,9-10H,3-8H2,(H,21,26). The first-order chi connectivity index (χ1) is 14.4. The number of aromatic nitrogens is 1. The van der Waals surface area contributed by atoms with Gasteiger partial charge < -0.3 is 10.2 Å². The molecule has 1 fully saturated rings. The van der Waals surface area contributed by atoms with E-state index in [1.807, 2.05) is 0 Å². The largest absolute Gasteiger partial charge is 0.351 e. The summed E-state index contributed by atoms with van der Waals surface area (Å²) in [6, 6.07) is 6.33. The molecular formula is C18H17Cl2N5O3S2. The van der Waals surface area contributed by atoms with E-state index in [2.05, 4.69) is 20.1 Å². The molecule has 2 aromatic heterocycles. The van der Waals surface area contributed by atoms with Gasteiger partial charge in [0, 0.05) is 51.4 Å². The zero-order valence-corrected chi connectivity index (χ0v) is 18.8. The van der Waals surface area contributed by atoms with E-state index in [0.29, 0.717) is 20.8 Å². The van der Waals surface area contributed by atoms with Crippen LogP contribution in [-0.2, 0) is 0 Å². The van der Waals surface area contributed by atoms with Gasteiger partial charge in [0.15, 0.2) is 5.13 Å². The number of nitrogens with zero attached hydrogens (tertiary/aromatic N) is 4. The summed E-state index contributed by atoms with van der Waals surface area (Å²) >= 11 is 14.5. The lowest BCUT2D eigenvalue weighted by molar-refractivity contribution is -0.384. The van der Waals surface area contributed by atoms with E-state index in [1.54, 1.807) is 18.2 Å². The molecule has 0 bridgehead atoms. The number of piperazine rings is 1. The number of hydrogen-bond acceptors (Lipinski definition) is 8. The van der Waals surface area contributed by atoms with Crippen molar-refractivity contribution in [3.05, 3.63) is 48.6 Å². The molecule has 0 radical (unpaired) electrons. The number of nitro groups is 1. The number of benzene rings is 1. The van der Waals surface area contributed by atoms with Crippen molar-refractivity contribution in [2.24, 2.45) is 0 Å². The minimum absolute atomic E-state index is 0.0792. The Hall–Kier alpha value is -1.98. The quantitative estimate of drug-likeness (QED) is 0.416. The molecule has 1 aliphatic rings. The van der Waals surface area contributed by atoms with Gasteiger partial charge in [-0.1, -0.05) is 34.5 Å². The first-order valence-corrected chi connectivity index (χ1v) is 11.5. The van der Waals surface area contributed by atoms with Crippen LogP contribution in [0.25, 0.3) is 10.2 Å². The third-order valence-electron chi connectivity index (χ3n) is 4.83. The normalized spacial score (nSPS) is 14.9. The first kappa shape index (κ1) is 21.3. The van der Waals surface area contributed by atoms with Crippen molar-refractivity contribution in [3.63, 3.8) is 0 Å². The summed E-state index contributed by atoms with van der Waals surface area (Å²) in [6.45, 7) is 4.56. The fraction of sp³-hybridized carbons (Fsp3) is 0.333. The molecule has 4 rings (SSSR count). The van der Waals surface area contributed by atoms with Gasteiger partial charge in [-0.15, -0.1) is 11.3 Å². The smallest absolute Gasteiger partial charge is 0.270 e. The summed E-state index contributed by atoms with van der Waals surface area (Å²) in [5, 5.41) is 14.7. The van der Waals surface area contributed by atoms with Gasteiger partial charge in [0.05, 0.1) is 25.0 Å². The molecule has 0 atom stereocenters. The molecule has 3 aromatic rings. The van der Waals surface area contributed by atoms with Crippen LogP contribution < -0.4 is 10.2 Å². The fourth-order valence-corrected chi connectivity index (χ4v) is 5.74. The van der Waals surface area contributed by atoms with Gasteiger partial charge in [-0.25, -0.2) is 4.98 Å². The number of thiazole rings is 1. The predicted molar refractivity (Wildman–Crippen MR) is 122 cm³/mol. The van der Waals surface area contributed by atoms with Crippen LogP contribution in [0.3, 0.4) is 0 Å². The molecule has 1 amide bonds. The molecular weight excluding hydrogens is 469 g/mol. The van der Waals surface area contributed by atoms with Crippen molar-refractivity contribution in [3.8, 4) is 0 Å². The van der Waals surface area contributed by atoms with Crippen molar-refractivity contribution in [2.45, 2.75) is 0 Å². The number of anilines is 1. The van der Waals surface area contributed by atoms with E-state index in [0.717, 1.165) is 48.1 Å². The van der Waals surface area contributed by atoms with Crippen molar-refractivity contribution in [2.75, 3.05) is 44.2 Å². The second-order valence-electron chi connectivity index (χ2n) is 6.73. The second kappa shape index (κ2) is 9.03. The van der Waals surface area contributed by atoms with Crippen LogP contribution >= 0.6 is 45.9 Å². The highest BCUT2D eigenvalue weighted by Gasteiger charge is 2.21. The Kier molecular flexibility index (Phi) is 6.40. The molecule has 8 nitrogen and oxygen atoms in total. The molecule has 0 spiro atoms. The minimum atomic E-state index is -0.392. The van der Waals surface area contributed by atoms with Crippen LogP contribution in [0.4, 0.5) is 10.8 Å². The highest BCUT2D eigenvalue weighted by Crippen LogP contribution is 2.32. The summed E-state index contributed by atoms with van der Waals surface area (Å²) < 4.78 is 1.70. The average molecular weight is 486 g/mol. The Morgan fingerprint density at radius 2 is 1.97 bits per heavy atom. The highest BCUT2D eigenvalue weighted by atomic mass is 35.5. The van der Waals surface area contributed by atoms with Crippen LogP contribution in [0, 0.1) is 10.1 Å². The van der Waals surface area contributed by atoms with Crippen LogP contribution in [0.5, 0.6) is 0 Å². The Morgan fingerprint density at radius 1 is 1.20 bits per heavy atom. The molecule has 0 saturated carbocycles. The molecule has 1 aliphatic heterocycles. The highest BCUT2D eigenvalue weighted by molar-refractivity contribution is 7.22. The lowest BCUT2D eigenvalue weighted by Crippen LogP contribution is -2.48. The number of fused-ring (bicyclic) bond motifs is 1. The van der Waals surface area contributed by atoms with Crippen LogP contribution in [0.15, 0.2) is 24.3 Å². The van der Waals surface area contributed by atoms with E-state index >= 15 is 0 Å². The van der Waals surface area contributed by atoms with Crippen molar-refractivity contribution in [1.29, 1.82) is 0 Å². The predicted octanol–water partition coefficient (Wildman–Crippen LogP) is 4.12. The Balaban J connectivity index is 1.28. The van der Waals surface area contributed by atoms with Gasteiger partial charge in [-0.05, 0) is 12.1 Å². The summed E-state index contributed by atoms with van der Waals surface area (Å²) in [4.78, 5) is 31.8. The van der Waals surface area contributed by atoms with E-state index in [4.69, 9.17) is 23.2 Å². The third-order valence-corrected chi connectivity index (χ3v) is 7.40. The minimum Gasteiger partial charge on any atom is -0.351 e. The summed E-state index contributed by atoms with van der Waals surface area (Å²) in [5.41, 5.74) is 1.26. The maximum absolute atomic E-state index is 12.2. The molecule has 1 N–H and O–H groups in total. The van der Waals surface area contributed by atoms with Gasteiger partial charge >= 0.3 is 0 Å². The number of non-ortho nitro benzene ring substituents is 1. The zero-order chi connectivity index (χ0) is 21.3. The number of carbonyl (C=O) groups excluding carboxylic acids is 1. The van der Waals surface area contributed by atoms with Crippen LogP contribution in [0.2, 0.25) is 8.67 Å². The molecule has 12 heteroatoms. The van der Waals surface area contributed by atoms with Crippen molar-refractivity contribution < 1.29 is 9.72 Å². The SMILES string of the molecule is O=C(NCCN1CCN(c2nc3ccc([N+](=O)[O-])cc3s2)CC1)c1cc(Cl)sc1Cl. The maximum Gasteiger partial charge on any atom is 0.270 e. The fourth-order valence-electron chi connectivity index (χ4n) is 3.23. The Labute approximate surface area is 190 Å². The number of thiophene rings is 1. The monoisotopic (exact) mass is 485 g/mol. The van der Waals surface area contributed by atoms with Crippen molar-refractivity contribution in [1.82, 2.24) is 15.2 Å². The molecule has 30 heavy (non-hydrogen) atoms. The Morgan fingerprint density at radius 3 is 2.63 bits per heavy atom. The maximum atomic E-state index is 12.2. The lowest BCUT2D eigenvalue weighted by atomic mass is 10.3. The van der Waals surface area contributed by atoms with E-state index < -0.39 is 4.92 Å². The summed E-state index contributed by atoms with van der Waals surface area (Å²) in [5.74, 6) is -0.217. The number of amides is 1. The van der Waals surface area contributed by atoms with Gasteiger partial charge in [0.25, 0.3) is 11.6 Å². The molecule has 158 valence electrons. The van der Waals surface area contributed by atoms with Crippen LogP contribution in [0.1, 0.15) is 10.4 Å². The van der Waals surface area contributed by atoms with E-state index in [-0.39, 0.29) is 11.6 Å². The zero-order valence-electron chi connectivity index (χ0n) is 15.6. The van der Waals surface area contributed by atoms with Gasteiger partial charge in [-0.3, -0.25) is 19.8 Å². The summed E-state index contributed by atoms with van der Waals surface area (Å²) in [6.07, 6.45) is 0. The number of rotatable bonds is 6. The molecule has 1 saturated heterocycles. The lowest BCUT2D eigenvalue weighted by Gasteiger charge is -2.34. The molecule has 0 aliphatic carbocycles. The number of halogens is 2. The number of nitro benzene ring substituents is 1. The molecule has 0 unspecified atom stereocenters. The van der Waals surface area contributed by atoms with Crippen molar-refractivity contribution >= 4 is 72.8 Å². The second-order valence-corrected chi connectivity index (χ2v) is 10.0. The number of hydrogen-bond donors (Lipinski definition) is 1. The topological polar surface area (TPSA) is 91.6 Å². The summed E-state index contributed by atoms with van der Waals surface area (Å²) in [7, 11) is 0. The number of carbonyl (C=O) groups is 1. The van der Waals surface area contributed by atoms with E-state index in [1.165, 1.54) is 28.7 Å². The first-order valence-electron chi connectivity index (χ1n) is 9.16. The third kappa shape index (κ3) is 4.68. The van der Waals surface area contributed by atoms with Gasteiger partial charge in [-0.2, -0.15) is 0 Å². The number of nitrogens with one attached hydrogen (secondary N) is 1. The van der Waals surface area contributed by atoms with E-state index in [9.17, 15) is 14.9 Å². The van der Waals surface area contributed by atoms with Gasteiger partial charge in [0.1, 0.15) is 4.34 Å². The molecule has 3 heterocycles. The average Bonchev–Trinajstić information content (AvgIpc) is 3.30. The molecule has 1 aromatic carbocycles. The Bertz CT molecular complexity index is 1090. The van der Waals surface area contributed by atoms with Crippen LogP contribution in [-0.4, -0.2) is 60.0 Å².